The number of hydrogen-bond acceptors (Lipinski definition) is 4. The molecule has 0 spiro atoms. The molecular formula is C24H32ClN3O4S. The van der Waals surface area contributed by atoms with E-state index in [0.29, 0.717) is 17.1 Å². The summed E-state index contributed by atoms with van der Waals surface area (Å²) in [6.45, 7) is 5.46. The van der Waals surface area contributed by atoms with E-state index in [1.54, 1.807) is 24.3 Å². The van der Waals surface area contributed by atoms with Gasteiger partial charge in [0, 0.05) is 17.6 Å². The van der Waals surface area contributed by atoms with Crippen LogP contribution in [-0.4, -0.2) is 50.0 Å². The number of benzene rings is 2. The van der Waals surface area contributed by atoms with Gasteiger partial charge in [-0.05, 0) is 49.6 Å². The fourth-order valence-corrected chi connectivity index (χ4v) is 4.34. The molecule has 0 radical (unpaired) electrons. The second-order valence-corrected chi connectivity index (χ2v) is 10.3. The first-order valence-electron chi connectivity index (χ1n) is 10.9. The van der Waals surface area contributed by atoms with Crippen LogP contribution in [0.2, 0.25) is 5.02 Å². The summed E-state index contributed by atoms with van der Waals surface area (Å²) in [5.74, 6) is -0.723. The third-order valence-corrected chi connectivity index (χ3v) is 6.77. The van der Waals surface area contributed by atoms with Crippen LogP contribution in [0, 0.1) is 0 Å². The van der Waals surface area contributed by atoms with Crippen molar-refractivity contribution in [1.29, 1.82) is 0 Å². The molecular weight excluding hydrogens is 462 g/mol. The maximum absolute atomic E-state index is 13.5. The Bertz CT molecular complexity index is 1030. The van der Waals surface area contributed by atoms with Crippen LogP contribution in [-0.2, 0) is 26.2 Å². The minimum atomic E-state index is -3.77. The number of anilines is 1. The molecule has 0 saturated carbocycles. The molecule has 0 aromatic heterocycles. The fraction of sp³-hybridized carbons (Fsp3) is 0.417. The first kappa shape index (κ1) is 26.7. The van der Waals surface area contributed by atoms with Gasteiger partial charge in [-0.15, -0.1) is 0 Å². The lowest BCUT2D eigenvalue weighted by Crippen LogP contribution is -2.53. The van der Waals surface area contributed by atoms with Gasteiger partial charge in [-0.3, -0.25) is 13.9 Å². The standard InChI is InChI=1S/C24H32ClN3O4S/c1-5-18(3)26-24(30)22(6-2)27(16-19-10-8-7-9-11-19)23(29)17-28(33(4,31)32)21-14-12-20(25)13-15-21/h7-15,18,22H,5-6,16-17H2,1-4H3,(H,26,30)/t18-,22-/m0/s1. The van der Waals surface area contributed by atoms with Gasteiger partial charge in [0.25, 0.3) is 0 Å². The van der Waals surface area contributed by atoms with E-state index in [1.807, 2.05) is 51.1 Å². The number of rotatable bonds is 11. The average molecular weight is 494 g/mol. The highest BCUT2D eigenvalue weighted by Gasteiger charge is 2.32. The second kappa shape index (κ2) is 12.0. The molecule has 33 heavy (non-hydrogen) atoms. The number of carbonyl (C=O) groups excluding carboxylic acids is 2. The van der Waals surface area contributed by atoms with E-state index >= 15 is 0 Å². The number of nitrogens with one attached hydrogen (secondary N) is 1. The van der Waals surface area contributed by atoms with E-state index in [4.69, 9.17) is 11.6 Å². The summed E-state index contributed by atoms with van der Waals surface area (Å²) in [6, 6.07) is 14.8. The highest BCUT2D eigenvalue weighted by molar-refractivity contribution is 7.92. The molecule has 2 aromatic carbocycles. The van der Waals surface area contributed by atoms with Crippen molar-refractivity contribution in [2.45, 2.75) is 52.2 Å². The molecule has 0 unspecified atom stereocenters. The van der Waals surface area contributed by atoms with Gasteiger partial charge in [-0.2, -0.15) is 0 Å². The summed E-state index contributed by atoms with van der Waals surface area (Å²) < 4.78 is 26.1. The number of nitrogens with zero attached hydrogens (tertiary/aromatic N) is 2. The van der Waals surface area contributed by atoms with E-state index in [1.165, 1.54) is 4.90 Å². The molecule has 0 aliphatic heterocycles. The molecule has 0 aliphatic carbocycles. The van der Waals surface area contributed by atoms with Gasteiger partial charge in [-0.25, -0.2) is 8.42 Å². The number of hydrogen-bond donors (Lipinski definition) is 1. The Balaban J connectivity index is 2.39. The van der Waals surface area contributed by atoms with E-state index in [2.05, 4.69) is 5.32 Å². The highest BCUT2D eigenvalue weighted by Crippen LogP contribution is 2.22. The van der Waals surface area contributed by atoms with Crippen molar-refractivity contribution in [1.82, 2.24) is 10.2 Å². The fourth-order valence-electron chi connectivity index (χ4n) is 3.36. The number of amides is 2. The van der Waals surface area contributed by atoms with Gasteiger partial charge in [0.2, 0.25) is 21.8 Å². The third-order valence-electron chi connectivity index (χ3n) is 5.38. The molecule has 2 rings (SSSR count). The molecule has 2 aromatic rings. The first-order chi connectivity index (χ1) is 15.6. The van der Waals surface area contributed by atoms with E-state index in [-0.39, 0.29) is 18.5 Å². The Morgan fingerprint density at radius 1 is 1.00 bits per heavy atom. The van der Waals surface area contributed by atoms with E-state index in [9.17, 15) is 18.0 Å². The maximum Gasteiger partial charge on any atom is 0.244 e. The van der Waals surface area contributed by atoms with Gasteiger partial charge >= 0.3 is 0 Å². The van der Waals surface area contributed by atoms with Crippen molar-refractivity contribution in [3.8, 4) is 0 Å². The lowest BCUT2D eigenvalue weighted by Gasteiger charge is -2.33. The highest BCUT2D eigenvalue weighted by atomic mass is 35.5. The Kier molecular flexibility index (Phi) is 9.73. The Hall–Kier alpha value is -2.58. The summed E-state index contributed by atoms with van der Waals surface area (Å²) in [4.78, 5) is 28.0. The Morgan fingerprint density at radius 2 is 1.61 bits per heavy atom. The normalized spacial score (nSPS) is 13.1. The molecule has 9 heteroatoms. The van der Waals surface area contributed by atoms with Crippen molar-refractivity contribution in [2.75, 3.05) is 17.1 Å². The molecule has 0 saturated heterocycles. The summed E-state index contributed by atoms with van der Waals surface area (Å²) in [5, 5.41) is 3.40. The summed E-state index contributed by atoms with van der Waals surface area (Å²) in [6.07, 6.45) is 2.19. The van der Waals surface area contributed by atoms with Gasteiger partial charge < -0.3 is 10.2 Å². The van der Waals surface area contributed by atoms with Crippen LogP contribution in [0.15, 0.2) is 54.6 Å². The van der Waals surface area contributed by atoms with Crippen LogP contribution in [0.4, 0.5) is 5.69 Å². The predicted octanol–water partition coefficient (Wildman–Crippen LogP) is 3.83. The van der Waals surface area contributed by atoms with Crippen molar-refractivity contribution in [3.05, 3.63) is 65.2 Å². The zero-order valence-electron chi connectivity index (χ0n) is 19.5. The number of carbonyl (C=O) groups is 2. The van der Waals surface area contributed by atoms with Crippen LogP contribution >= 0.6 is 11.6 Å². The molecule has 0 aliphatic rings. The zero-order valence-corrected chi connectivity index (χ0v) is 21.1. The first-order valence-corrected chi connectivity index (χ1v) is 13.2. The molecule has 0 bridgehead atoms. The van der Waals surface area contributed by atoms with Crippen LogP contribution in [0.25, 0.3) is 0 Å². The topological polar surface area (TPSA) is 86.8 Å². The predicted molar refractivity (Wildman–Crippen MR) is 133 cm³/mol. The molecule has 1 N–H and O–H groups in total. The van der Waals surface area contributed by atoms with Gasteiger partial charge in [0.15, 0.2) is 0 Å². The minimum absolute atomic E-state index is 0.0400. The molecule has 0 fully saturated rings. The second-order valence-electron chi connectivity index (χ2n) is 8.00. The van der Waals surface area contributed by atoms with Crippen LogP contribution < -0.4 is 9.62 Å². The molecule has 2 amide bonds. The smallest absolute Gasteiger partial charge is 0.244 e. The van der Waals surface area contributed by atoms with E-state index < -0.39 is 28.5 Å². The molecule has 2 atom stereocenters. The molecule has 7 nitrogen and oxygen atoms in total. The molecule has 180 valence electrons. The zero-order chi connectivity index (χ0) is 24.6. The van der Waals surface area contributed by atoms with Gasteiger partial charge in [0.05, 0.1) is 11.9 Å². The third kappa shape index (κ3) is 7.75. The van der Waals surface area contributed by atoms with Crippen molar-refractivity contribution in [3.63, 3.8) is 0 Å². The van der Waals surface area contributed by atoms with E-state index in [0.717, 1.165) is 22.5 Å². The van der Waals surface area contributed by atoms with Crippen LogP contribution in [0.1, 0.15) is 39.2 Å². The maximum atomic E-state index is 13.5. The number of halogens is 1. The lowest BCUT2D eigenvalue weighted by molar-refractivity contribution is -0.140. The Labute approximate surface area is 201 Å². The average Bonchev–Trinajstić information content (AvgIpc) is 2.77. The summed E-state index contributed by atoms with van der Waals surface area (Å²) >= 11 is 5.94. The molecule has 0 heterocycles. The van der Waals surface area contributed by atoms with Crippen LogP contribution in [0.5, 0.6) is 0 Å². The quantitative estimate of drug-likeness (QED) is 0.515. The summed E-state index contributed by atoms with van der Waals surface area (Å²) in [7, 11) is -3.77. The van der Waals surface area contributed by atoms with Crippen LogP contribution in [0.3, 0.4) is 0 Å². The minimum Gasteiger partial charge on any atom is -0.352 e. The Morgan fingerprint density at radius 3 is 2.12 bits per heavy atom. The lowest BCUT2D eigenvalue weighted by atomic mass is 10.1. The summed E-state index contributed by atoms with van der Waals surface area (Å²) in [5.41, 5.74) is 1.17. The van der Waals surface area contributed by atoms with Crippen molar-refractivity contribution < 1.29 is 18.0 Å². The number of sulfonamides is 1. The van der Waals surface area contributed by atoms with Gasteiger partial charge in [0.1, 0.15) is 12.6 Å². The SMILES string of the molecule is CC[C@H](C)NC(=O)[C@H](CC)N(Cc1ccccc1)C(=O)CN(c1ccc(Cl)cc1)S(C)(=O)=O. The largest absolute Gasteiger partial charge is 0.352 e. The van der Waals surface area contributed by atoms with Crippen molar-refractivity contribution in [2.24, 2.45) is 0 Å². The van der Waals surface area contributed by atoms with Gasteiger partial charge in [-0.1, -0.05) is 55.8 Å². The van der Waals surface area contributed by atoms with Crippen molar-refractivity contribution >= 4 is 39.1 Å². The monoisotopic (exact) mass is 493 g/mol.